The quantitative estimate of drug-likeness (QED) is 0.909. The molecule has 0 spiro atoms. The monoisotopic (exact) mass is 324 g/mol. The number of benzene rings is 1. The Balaban J connectivity index is 1.74. The lowest BCUT2D eigenvalue weighted by Gasteiger charge is -2.32. The van der Waals surface area contributed by atoms with Crippen LogP contribution in [0.2, 0.25) is 0 Å². The highest BCUT2D eigenvalue weighted by molar-refractivity contribution is 7.89. The van der Waals surface area contributed by atoms with E-state index in [0.717, 1.165) is 12.8 Å². The smallest absolute Gasteiger partial charge is 0.243 e. The van der Waals surface area contributed by atoms with E-state index in [1.807, 2.05) is 6.92 Å². The fraction of sp³-hybridized carbons (Fsp3) is 0.533. The van der Waals surface area contributed by atoms with Crippen molar-refractivity contribution >= 4 is 21.6 Å². The Hall–Kier alpha value is -1.44. The van der Waals surface area contributed by atoms with Crippen molar-refractivity contribution in [3.05, 3.63) is 24.3 Å². The Morgan fingerprint density at radius 1 is 1.27 bits per heavy atom. The van der Waals surface area contributed by atoms with Crippen LogP contribution in [0.5, 0.6) is 0 Å². The number of nitrogens with one attached hydrogen (secondary N) is 1. The van der Waals surface area contributed by atoms with Gasteiger partial charge in [0.05, 0.1) is 18.1 Å². The normalized spacial score (nSPS) is 23.2. The van der Waals surface area contributed by atoms with Gasteiger partial charge in [-0.15, -0.1) is 0 Å². The number of amides is 1. The van der Waals surface area contributed by atoms with Crippen LogP contribution in [0.15, 0.2) is 29.2 Å². The molecule has 2 fully saturated rings. The largest absolute Gasteiger partial charge is 0.378 e. The average molecular weight is 324 g/mol. The van der Waals surface area contributed by atoms with Gasteiger partial charge in [0.15, 0.2) is 0 Å². The summed E-state index contributed by atoms with van der Waals surface area (Å²) in [5.74, 6) is 0.134. The molecule has 1 amide bonds. The van der Waals surface area contributed by atoms with Gasteiger partial charge in [0, 0.05) is 24.2 Å². The molecule has 0 bridgehead atoms. The second kappa shape index (κ2) is 5.98. The Morgan fingerprint density at radius 2 is 1.95 bits per heavy atom. The van der Waals surface area contributed by atoms with Crippen LogP contribution in [0.1, 0.15) is 19.8 Å². The number of carbonyl (C=O) groups excluding carboxylic acids is 1. The molecule has 120 valence electrons. The van der Waals surface area contributed by atoms with Gasteiger partial charge in [-0.1, -0.05) is 0 Å². The highest BCUT2D eigenvalue weighted by atomic mass is 32.2. The van der Waals surface area contributed by atoms with Crippen molar-refractivity contribution in [2.75, 3.05) is 25.1 Å². The predicted molar refractivity (Wildman–Crippen MR) is 82.0 cm³/mol. The van der Waals surface area contributed by atoms with Crippen LogP contribution in [-0.4, -0.2) is 44.4 Å². The van der Waals surface area contributed by atoms with E-state index >= 15 is 0 Å². The Bertz CT molecular complexity index is 653. The molecule has 1 unspecified atom stereocenters. The molecule has 1 atom stereocenters. The predicted octanol–water partition coefficient (Wildman–Crippen LogP) is 1.44. The van der Waals surface area contributed by atoms with Crippen LogP contribution >= 0.6 is 0 Å². The third-order valence-corrected chi connectivity index (χ3v) is 6.01. The highest BCUT2D eigenvalue weighted by Gasteiger charge is 2.32. The third-order valence-electron chi connectivity index (χ3n) is 3.98. The first-order valence-corrected chi connectivity index (χ1v) is 8.93. The number of morpholine rings is 1. The summed E-state index contributed by atoms with van der Waals surface area (Å²) >= 11 is 0. The van der Waals surface area contributed by atoms with Gasteiger partial charge >= 0.3 is 0 Å². The molecule has 22 heavy (non-hydrogen) atoms. The molecule has 1 N–H and O–H groups in total. The minimum absolute atomic E-state index is 0.0115. The Morgan fingerprint density at radius 3 is 2.55 bits per heavy atom. The van der Waals surface area contributed by atoms with Crippen molar-refractivity contribution in [3.63, 3.8) is 0 Å². The van der Waals surface area contributed by atoms with Crippen LogP contribution in [0.25, 0.3) is 0 Å². The molecular weight excluding hydrogens is 304 g/mol. The molecular formula is C15H20N2O4S. The summed E-state index contributed by atoms with van der Waals surface area (Å²) in [7, 11) is -3.52. The first kappa shape index (κ1) is 15.5. The average Bonchev–Trinajstić information content (AvgIpc) is 3.33. The first-order valence-electron chi connectivity index (χ1n) is 7.49. The molecule has 1 heterocycles. The van der Waals surface area contributed by atoms with Crippen LogP contribution < -0.4 is 5.32 Å². The summed E-state index contributed by atoms with van der Waals surface area (Å²) in [5, 5.41) is 2.80. The summed E-state index contributed by atoms with van der Waals surface area (Å²) < 4.78 is 32.0. The Kier molecular flexibility index (Phi) is 4.20. The number of hydrogen-bond donors (Lipinski definition) is 1. The molecule has 1 aliphatic carbocycles. The summed E-state index contributed by atoms with van der Waals surface area (Å²) in [4.78, 5) is 11.9. The maximum absolute atomic E-state index is 12.6. The number of nitrogens with zero attached hydrogens (tertiary/aromatic N) is 1. The van der Waals surface area contributed by atoms with Crippen LogP contribution in [-0.2, 0) is 19.6 Å². The first-order chi connectivity index (χ1) is 10.5. The van der Waals surface area contributed by atoms with Crippen LogP contribution in [0, 0.1) is 5.92 Å². The zero-order valence-corrected chi connectivity index (χ0v) is 13.3. The van der Waals surface area contributed by atoms with Gasteiger partial charge in [-0.25, -0.2) is 8.42 Å². The van der Waals surface area contributed by atoms with Crippen molar-refractivity contribution in [1.29, 1.82) is 0 Å². The van der Waals surface area contributed by atoms with Crippen LogP contribution in [0.3, 0.4) is 0 Å². The lowest BCUT2D eigenvalue weighted by molar-refractivity contribution is -0.117. The van der Waals surface area contributed by atoms with E-state index in [1.54, 1.807) is 24.3 Å². The molecule has 1 aromatic carbocycles. The Labute approximate surface area is 130 Å². The summed E-state index contributed by atoms with van der Waals surface area (Å²) in [6.45, 7) is 3.03. The lowest BCUT2D eigenvalue weighted by atomic mass is 10.3. The van der Waals surface area contributed by atoms with Crippen molar-refractivity contribution in [1.82, 2.24) is 4.31 Å². The second-order valence-electron chi connectivity index (χ2n) is 5.83. The maximum Gasteiger partial charge on any atom is 0.243 e. The van der Waals surface area contributed by atoms with Gasteiger partial charge in [-0.3, -0.25) is 4.79 Å². The van der Waals surface area contributed by atoms with Gasteiger partial charge in [0.2, 0.25) is 15.9 Å². The van der Waals surface area contributed by atoms with E-state index < -0.39 is 10.0 Å². The molecule has 1 saturated carbocycles. The van der Waals surface area contributed by atoms with E-state index in [-0.39, 0.29) is 22.8 Å². The van der Waals surface area contributed by atoms with E-state index in [0.29, 0.717) is 25.4 Å². The molecule has 1 aliphatic heterocycles. The number of anilines is 1. The van der Waals surface area contributed by atoms with Gasteiger partial charge in [0.25, 0.3) is 0 Å². The SMILES string of the molecule is CC1COCCN1S(=O)(=O)c1ccc(NC(=O)C2CC2)cc1. The number of rotatable bonds is 4. The van der Waals surface area contributed by atoms with E-state index in [2.05, 4.69) is 5.32 Å². The molecule has 0 aromatic heterocycles. The third kappa shape index (κ3) is 3.16. The van der Waals surface area contributed by atoms with E-state index in [1.165, 1.54) is 4.31 Å². The topological polar surface area (TPSA) is 75.7 Å². The summed E-state index contributed by atoms with van der Waals surface area (Å²) in [6, 6.07) is 6.18. The van der Waals surface area contributed by atoms with E-state index in [4.69, 9.17) is 4.74 Å². The van der Waals surface area contributed by atoms with E-state index in [9.17, 15) is 13.2 Å². The molecule has 1 aromatic rings. The molecule has 7 heteroatoms. The highest BCUT2D eigenvalue weighted by Crippen LogP contribution is 2.30. The van der Waals surface area contributed by atoms with Gasteiger partial charge in [-0.05, 0) is 44.0 Å². The van der Waals surface area contributed by atoms with Crippen molar-refractivity contribution in [3.8, 4) is 0 Å². The molecule has 6 nitrogen and oxygen atoms in total. The number of carbonyl (C=O) groups is 1. The zero-order chi connectivity index (χ0) is 15.7. The number of ether oxygens (including phenoxy) is 1. The lowest BCUT2D eigenvalue weighted by Crippen LogP contribution is -2.46. The van der Waals surface area contributed by atoms with Gasteiger partial charge in [0.1, 0.15) is 0 Å². The standard InChI is InChI=1S/C15H20N2O4S/c1-11-10-21-9-8-17(11)22(19,20)14-6-4-13(5-7-14)16-15(18)12-2-3-12/h4-7,11-12H,2-3,8-10H2,1H3,(H,16,18). The maximum atomic E-state index is 12.6. The van der Waals surface area contributed by atoms with Crippen molar-refractivity contribution in [2.24, 2.45) is 5.92 Å². The van der Waals surface area contributed by atoms with Gasteiger partial charge in [-0.2, -0.15) is 4.31 Å². The molecule has 2 aliphatic rings. The van der Waals surface area contributed by atoms with Gasteiger partial charge < -0.3 is 10.1 Å². The molecule has 0 radical (unpaired) electrons. The van der Waals surface area contributed by atoms with Crippen molar-refractivity contribution in [2.45, 2.75) is 30.7 Å². The zero-order valence-electron chi connectivity index (χ0n) is 12.5. The number of sulfonamides is 1. The fourth-order valence-corrected chi connectivity index (χ4v) is 4.10. The minimum atomic E-state index is -3.52. The number of hydrogen-bond acceptors (Lipinski definition) is 4. The second-order valence-corrected chi connectivity index (χ2v) is 7.72. The van der Waals surface area contributed by atoms with Crippen LogP contribution in [0.4, 0.5) is 5.69 Å². The minimum Gasteiger partial charge on any atom is -0.378 e. The fourth-order valence-electron chi connectivity index (χ4n) is 2.50. The van der Waals surface area contributed by atoms with Crippen molar-refractivity contribution < 1.29 is 17.9 Å². The molecule has 3 rings (SSSR count). The molecule has 1 saturated heterocycles. The summed E-state index contributed by atoms with van der Waals surface area (Å²) in [5.41, 5.74) is 0.630. The summed E-state index contributed by atoms with van der Waals surface area (Å²) in [6.07, 6.45) is 1.88.